The van der Waals surface area contributed by atoms with Gasteiger partial charge < -0.3 is 0 Å². The van der Waals surface area contributed by atoms with E-state index < -0.39 is 144 Å². The molecular formula is C41H16BF20N. The molecule has 1 nitrogen and oxygen atoms in total. The molecule has 22 heteroatoms. The number of aromatic nitrogens is 1. The number of pyridine rings is 1. The Labute approximate surface area is 339 Å². The van der Waals surface area contributed by atoms with E-state index in [0.717, 1.165) is 6.54 Å². The first-order valence-corrected chi connectivity index (χ1v) is 17.2. The molecule has 0 saturated carbocycles. The van der Waals surface area contributed by atoms with Crippen LogP contribution >= 0.6 is 0 Å². The number of fused-ring (bicyclic) bond motifs is 1. The fraction of sp³-hybridized carbons (Fsp3) is 0.0488. The predicted molar refractivity (Wildman–Crippen MR) is 184 cm³/mol. The van der Waals surface area contributed by atoms with Gasteiger partial charge in [0, 0.05) is 17.0 Å². The minimum absolute atomic E-state index is 0.922. The topological polar surface area (TPSA) is 3.88 Å². The lowest BCUT2D eigenvalue weighted by atomic mass is 9.12. The van der Waals surface area contributed by atoms with Gasteiger partial charge in [-0.15, -0.1) is 21.9 Å². The Kier molecular flexibility index (Phi) is 12.3. The highest BCUT2D eigenvalue weighted by molar-refractivity contribution is 7.20. The van der Waals surface area contributed by atoms with Crippen molar-refractivity contribution < 1.29 is 92.4 Å². The van der Waals surface area contributed by atoms with Crippen molar-refractivity contribution in [2.45, 2.75) is 13.5 Å². The second kappa shape index (κ2) is 16.9. The molecule has 6 aromatic carbocycles. The van der Waals surface area contributed by atoms with E-state index in [1.807, 2.05) is 0 Å². The number of hydrogen-bond acceptors (Lipinski definition) is 0. The summed E-state index contributed by atoms with van der Waals surface area (Å²) in [5, 5.41) is 2.57. The maximum Gasteiger partial charge on any atom is 0.200 e. The highest BCUT2D eigenvalue weighted by Crippen LogP contribution is 2.31. The summed E-state index contributed by atoms with van der Waals surface area (Å²) >= 11 is 0. The van der Waals surface area contributed by atoms with E-state index in [1.54, 1.807) is 0 Å². The fourth-order valence-electron chi connectivity index (χ4n) is 7.05. The predicted octanol–water partition coefficient (Wildman–Crippen LogP) is 9.33. The van der Waals surface area contributed by atoms with Crippen molar-refractivity contribution >= 4 is 38.8 Å². The fourth-order valence-corrected chi connectivity index (χ4v) is 7.05. The Bertz CT molecular complexity index is 2610. The maximum absolute atomic E-state index is 15.4. The van der Waals surface area contributed by atoms with Crippen LogP contribution < -0.4 is 26.4 Å². The van der Waals surface area contributed by atoms with Gasteiger partial charge in [0.05, 0.1) is 0 Å². The number of benzene rings is 6. The SMILES string of the molecule is Cc1ccc(C[n+]2ccc3ccccc3c2)cc1.Fc1c(F)c(F)c([B-](c2c(F)c(F)c(F)c(F)c2F)(c2c(F)c(F)c(F)c(F)c2F)c2c(F)c(F)c(F)c(F)c2F)c(F)c1F. The Morgan fingerprint density at radius 1 is 0.333 bits per heavy atom. The van der Waals surface area contributed by atoms with Gasteiger partial charge in [-0.2, -0.15) is 0 Å². The smallest absolute Gasteiger partial charge is 0.200 e. The largest absolute Gasteiger partial charge is 0.207 e. The summed E-state index contributed by atoms with van der Waals surface area (Å²) in [6, 6.07) is 19.3. The molecule has 328 valence electrons. The van der Waals surface area contributed by atoms with Crippen LogP contribution in [0.25, 0.3) is 10.8 Å². The van der Waals surface area contributed by atoms with Gasteiger partial charge in [-0.25, -0.2) is 92.4 Å². The Hall–Kier alpha value is -6.61. The third kappa shape index (κ3) is 7.27. The van der Waals surface area contributed by atoms with E-state index in [4.69, 9.17) is 0 Å². The summed E-state index contributed by atoms with van der Waals surface area (Å²) in [7, 11) is 0. The van der Waals surface area contributed by atoms with E-state index in [0.29, 0.717) is 0 Å². The van der Waals surface area contributed by atoms with Crippen molar-refractivity contribution in [3.8, 4) is 0 Å². The molecule has 0 amide bonds. The van der Waals surface area contributed by atoms with Gasteiger partial charge in [-0.05, 0) is 18.4 Å². The third-order valence-electron chi connectivity index (χ3n) is 9.94. The summed E-state index contributed by atoms with van der Waals surface area (Å²) < 4.78 is 296. The van der Waals surface area contributed by atoms with Crippen LogP contribution in [0.15, 0.2) is 67.0 Å². The highest BCUT2D eigenvalue weighted by atomic mass is 19.2. The second-order valence-electron chi connectivity index (χ2n) is 13.5. The molecule has 0 fully saturated rings. The molecule has 63 heavy (non-hydrogen) atoms. The van der Waals surface area contributed by atoms with Crippen molar-refractivity contribution in [3.05, 3.63) is 194 Å². The zero-order valence-electron chi connectivity index (χ0n) is 30.6. The summed E-state index contributed by atoms with van der Waals surface area (Å²) in [6.07, 6.45) is -2.87. The van der Waals surface area contributed by atoms with Gasteiger partial charge in [0.25, 0.3) is 0 Å². The molecule has 0 unspecified atom stereocenters. The molecule has 0 N–H and O–H groups in total. The molecule has 0 aliphatic heterocycles. The van der Waals surface area contributed by atoms with Crippen LogP contribution in [0, 0.1) is 123 Å². The van der Waals surface area contributed by atoms with Gasteiger partial charge in [0.15, 0.2) is 88.7 Å². The van der Waals surface area contributed by atoms with Crippen LogP contribution in [0.1, 0.15) is 11.1 Å². The molecule has 0 atom stereocenters. The van der Waals surface area contributed by atoms with Crippen molar-refractivity contribution in [2.24, 2.45) is 0 Å². The molecule has 0 spiro atoms. The molecule has 7 rings (SSSR count). The quantitative estimate of drug-likeness (QED) is 0.0516. The molecule has 0 saturated heterocycles. The zero-order valence-corrected chi connectivity index (χ0v) is 30.6. The van der Waals surface area contributed by atoms with Crippen LogP contribution in [0.4, 0.5) is 87.8 Å². The normalized spacial score (nSPS) is 11.6. The average Bonchev–Trinajstić information content (AvgIpc) is 3.27. The Morgan fingerprint density at radius 3 is 0.905 bits per heavy atom. The van der Waals surface area contributed by atoms with Crippen molar-refractivity contribution in [1.29, 1.82) is 0 Å². The maximum atomic E-state index is 15.4. The van der Waals surface area contributed by atoms with Crippen LogP contribution in [0.3, 0.4) is 0 Å². The van der Waals surface area contributed by atoms with Gasteiger partial charge in [-0.1, -0.05) is 48.0 Å². The van der Waals surface area contributed by atoms with Crippen molar-refractivity contribution in [1.82, 2.24) is 0 Å². The van der Waals surface area contributed by atoms with Crippen molar-refractivity contribution in [3.63, 3.8) is 0 Å². The van der Waals surface area contributed by atoms with Crippen molar-refractivity contribution in [2.75, 3.05) is 0 Å². The van der Waals surface area contributed by atoms with E-state index in [9.17, 15) is 52.7 Å². The summed E-state index contributed by atoms with van der Waals surface area (Å²) in [6.45, 7) is 3.04. The molecule has 7 aromatic rings. The third-order valence-corrected chi connectivity index (χ3v) is 9.94. The van der Waals surface area contributed by atoms with Gasteiger partial charge in [0.1, 0.15) is 52.7 Å². The molecule has 0 aliphatic rings. The first kappa shape index (κ1) is 45.9. The minimum atomic E-state index is -7.22. The van der Waals surface area contributed by atoms with E-state index >= 15 is 35.1 Å². The Morgan fingerprint density at radius 2 is 0.603 bits per heavy atom. The number of nitrogens with zero attached hydrogens (tertiary/aromatic N) is 1. The number of halogens is 20. The summed E-state index contributed by atoms with van der Waals surface area (Å²) in [5.41, 5.74) is -11.7. The first-order chi connectivity index (χ1) is 29.5. The highest BCUT2D eigenvalue weighted by Gasteiger charge is 2.52. The van der Waals surface area contributed by atoms with Gasteiger partial charge in [-0.3, -0.25) is 0 Å². The van der Waals surface area contributed by atoms with Crippen LogP contribution in [-0.2, 0) is 6.54 Å². The average molecular weight is 913 g/mol. The van der Waals surface area contributed by atoms with E-state index in [-0.39, 0.29) is 0 Å². The zero-order chi connectivity index (χ0) is 46.7. The van der Waals surface area contributed by atoms with Gasteiger partial charge >= 0.3 is 0 Å². The lowest BCUT2D eigenvalue weighted by Crippen LogP contribution is -2.81. The number of hydrogen-bond donors (Lipinski definition) is 0. The standard InChI is InChI=1S/C24BF20.C17H16N/c26-5-1(6(27)14(35)21(42)13(5)34)25(2-7(28)15(36)22(43)16(37)8(2)29,3-9(30)17(38)23(44)18(39)10(3)31)4-11(32)19(40)24(45)20(41)12(4)33;1-14-6-8-15(9-7-14)12-18-11-10-16-4-2-3-5-17(16)13-18/h;2-11,13H,12H2,1H3/q-1;+1. The van der Waals surface area contributed by atoms with Gasteiger partial charge in [0.2, 0.25) is 0 Å². The lowest BCUT2D eigenvalue weighted by molar-refractivity contribution is -0.687. The molecule has 0 radical (unpaired) electrons. The van der Waals surface area contributed by atoms with Crippen LogP contribution in [0.2, 0.25) is 0 Å². The van der Waals surface area contributed by atoms with E-state index in [2.05, 4.69) is 78.5 Å². The number of rotatable bonds is 6. The summed E-state index contributed by atoms with van der Waals surface area (Å²) in [5.74, 6) is -71.4. The minimum Gasteiger partial charge on any atom is -0.207 e. The monoisotopic (exact) mass is 913 g/mol. The lowest BCUT2D eigenvalue weighted by Gasteiger charge is -2.44. The molecular weight excluding hydrogens is 897 g/mol. The molecule has 1 heterocycles. The second-order valence-corrected chi connectivity index (χ2v) is 13.5. The van der Waals surface area contributed by atoms with Crippen LogP contribution in [0.5, 0.6) is 0 Å². The molecule has 0 aliphatic carbocycles. The first-order valence-electron chi connectivity index (χ1n) is 17.2. The van der Waals surface area contributed by atoms with Crippen LogP contribution in [-0.4, -0.2) is 6.15 Å². The molecule has 1 aromatic heterocycles. The molecule has 0 bridgehead atoms. The summed E-state index contributed by atoms with van der Waals surface area (Å²) in [4.78, 5) is 0. The Balaban J connectivity index is 0.000000302. The number of aryl methyl sites for hydroxylation is 1. The van der Waals surface area contributed by atoms with E-state index in [1.165, 1.54) is 21.9 Å².